The maximum Gasteiger partial charge on any atom is 0.307 e. The number of rotatable bonds is 7. The molecule has 2 amide bonds. The van der Waals surface area contributed by atoms with Gasteiger partial charge in [-0.15, -0.1) is 0 Å². The molecule has 0 aromatic carbocycles. The van der Waals surface area contributed by atoms with Crippen LogP contribution in [0.5, 0.6) is 0 Å². The van der Waals surface area contributed by atoms with E-state index in [0.717, 1.165) is 32.1 Å². The number of aliphatic carboxylic acids is 1. The zero-order chi connectivity index (χ0) is 16.2. The fraction of sp³-hybridized carbons (Fsp3) is 0.812. The van der Waals surface area contributed by atoms with Crippen molar-refractivity contribution < 1.29 is 19.5 Å². The third kappa shape index (κ3) is 3.78. The van der Waals surface area contributed by atoms with E-state index in [2.05, 4.69) is 17.6 Å². The first-order valence-corrected chi connectivity index (χ1v) is 8.33. The number of carbonyl (C=O) groups excluding carboxylic acids is 2. The molecule has 2 atom stereocenters. The molecule has 0 radical (unpaired) electrons. The van der Waals surface area contributed by atoms with Gasteiger partial charge in [-0.25, -0.2) is 0 Å². The lowest BCUT2D eigenvalue weighted by Crippen LogP contribution is -2.60. The number of carbonyl (C=O) groups is 3. The number of nitrogens with one attached hydrogen (secondary N) is 2. The first-order chi connectivity index (χ1) is 10.5. The summed E-state index contributed by atoms with van der Waals surface area (Å²) >= 11 is 0. The van der Waals surface area contributed by atoms with E-state index in [4.69, 9.17) is 5.11 Å². The van der Waals surface area contributed by atoms with E-state index in [-0.39, 0.29) is 11.8 Å². The number of carboxylic acid groups (broad SMARTS) is 1. The third-order valence-corrected chi connectivity index (χ3v) is 4.76. The fourth-order valence-corrected chi connectivity index (χ4v) is 3.20. The van der Waals surface area contributed by atoms with Crippen LogP contribution in [0.15, 0.2) is 0 Å². The standard InChI is InChI=1S/C16H26N2O4/c1-2-3-9-17-15(22)16(7-5-4-6-8-16)18-13(19)11-10-12(11)14(20)21/h11-12H,2-10H2,1H3,(H,17,22)(H,18,19)(H,20,21). The van der Waals surface area contributed by atoms with E-state index in [1.807, 2.05) is 0 Å². The van der Waals surface area contributed by atoms with Gasteiger partial charge in [0.25, 0.3) is 0 Å². The highest BCUT2D eigenvalue weighted by Crippen LogP contribution is 2.40. The van der Waals surface area contributed by atoms with Crippen LogP contribution < -0.4 is 10.6 Å². The van der Waals surface area contributed by atoms with Gasteiger partial charge in [0.15, 0.2) is 0 Å². The quantitative estimate of drug-likeness (QED) is 0.620. The second-order valence-electron chi connectivity index (χ2n) is 6.53. The van der Waals surface area contributed by atoms with Crippen LogP contribution in [0.25, 0.3) is 0 Å². The van der Waals surface area contributed by atoms with Crippen LogP contribution in [0.4, 0.5) is 0 Å². The van der Waals surface area contributed by atoms with Crippen LogP contribution in [0.1, 0.15) is 58.3 Å². The predicted octanol–water partition coefficient (Wildman–Crippen LogP) is 1.44. The molecule has 124 valence electrons. The molecule has 0 aromatic rings. The van der Waals surface area contributed by atoms with Crippen molar-refractivity contribution in [2.45, 2.75) is 63.8 Å². The summed E-state index contributed by atoms with van der Waals surface area (Å²) in [7, 11) is 0. The highest BCUT2D eigenvalue weighted by Gasteiger charge is 2.51. The van der Waals surface area contributed by atoms with Crippen LogP contribution in [0.3, 0.4) is 0 Å². The normalized spacial score (nSPS) is 26.0. The molecule has 2 aliphatic rings. The van der Waals surface area contributed by atoms with E-state index in [1.54, 1.807) is 0 Å². The Balaban J connectivity index is 1.98. The molecule has 0 aliphatic heterocycles. The molecule has 0 aromatic heterocycles. The predicted molar refractivity (Wildman–Crippen MR) is 81.1 cm³/mol. The highest BCUT2D eigenvalue weighted by molar-refractivity contribution is 5.95. The summed E-state index contributed by atoms with van der Waals surface area (Å²) in [4.78, 5) is 35.7. The molecule has 0 heterocycles. The minimum atomic E-state index is -0.926. The Labute approximate surface area is 131 Å². The average Bonchev–Trinajstić information content (AvgIpc) is 3.29. The van der Waals surface area contributed by atoms with Gasteiger partial charge in [0.1, 0.15) is 5.54 Å². The summed E-state index contributed by atoms with van der Waals surface area (Å²) in [6.45, 7) is 2.68. The largest absolute Gasteiger partial charge is 0.481 e. The van der Waals surface area contributed by atoms with Gasteiger partial charge in [0, 0.05) is 6.54 Å². The van der Waals surface area contributed by atoms with Crippen molar-refractivity contribution >= 4 is 17.8 Å². The van der Waals surface area contributed by atoms with E-state index < -0.39 is 23.3 Å². The maximum atomic E-state index is 12.5. The first kappa shape index (κ1) is 16.8. The number of hydrogen-bond acceptors (Lipinski definition) is 3. The molecule has 2 fully saturated rings. The van der Waals surface area contributed by atoms with Gasteiger partial charge >= 0.3 is 5.97 Å². The first-order valence-electron chi connectivity index (χ1n) is 8.33. The second kappa shape index (κ2) is 7.11. The summed E-state index contributed by atoms with van der Waals surface area (Å²) in [5, 5.41) is 14.8. The molecule has 0 bridgehead atoms. The van der Waals surface area contributed by atoms with Crippen molar-refractivity contribution in [3.63, 3.8) is 0 Å². The molecule has 6 nitrogen and oxygen atoms in total. The maximum absolute atomic E-state index is 12.5. The van der Waals surface area contributed by atoms with Gasteiger partial charge in [-0.1, -0.05) is 32.6 Å². The van der Waals surface area contributed by atoms with Gasteiger partial charge in [-0.05, 0) is 25.7 Å². The van der Waals surface area contributed by atoms with E-state index >= 15 is 0 Å². The van der Waals surface area contributed by atoms with Crippen molar-refractivity contribution in [1.82, 2.24) is 10.6 Å². The summed E-state index contributed by atoms with van der Waals surface area (Å²) in [6.07, 6.45) is 6.47. The average molecular weight is 310 g/mol. The highest BCUT2D eigenvalue weighted by atomic mass is 16.4. The summed E-state index contributed by atoms with van der Waals surface area (Å²) in [5.74, 6) is -2.37. The Morgan fingerprint density at radius 3 is 2.36 bits per heavy atom. The lowest BCUT2D eigenvalue weighted by molar-refractivity contribution is -0.141. The molecule has 2 rings (SSSR count). The van der Waals surface area contributed by atoms with Crippen molar-refractivity contribution in [3.05, 3.63) is 0 Å². The van der Waals surface area contributed by atoms with Gasteiger partial charge in [0.05, 0.1) is 11.8 Å². The minimum absolute atomic E-state index is 0.110. The molecule has 2 aliphatic carbocycles. The van der Waals surface area contributed by atoms with Crippen LogP contribution in [-0.4, -0.2) is 35.0 Å². The van der Waals surface area contributed by atoms with Crippen molar-refractivity contribution in [2.24, 2.45) is 11.8 Å². The Kier molecular flexibility index (Phi) is 5.42. The Hall–Kier alpha value is -1.59. The number of unbranched alkanes of at least 4 members (excludes halogenated alkanes) is 1. The Morgan fingerprint density at radius 2 is 1.82 bits per heavy atom. The monoisotopic (exact) mass is 310 g/mol. The topological polar surface area (TPSA) is 95.5 Å². The number of carboxylic acids is 1. The number of amides is 2. The molecule has 0 spiro atoms. The van der Waals surface area contributed by atoms with Crippen LogP contribution >= 0.6 is 0 Å². The SMILES string of the molecule is CCCCNC(=O)C1(NC(=O)C2CC2C(=O)O)CCCCC1. The third-order valence-electron chi connectivity index (χ3n) is 4.76. The van der Waals surface area contributed by atoms with Gasteiger partial charge < -0.3 is 15.7 Å². The summed E-state index contributed by atoms with van der Waals surface area (Å²) < 4.78 is 0. The number of hydrogen-bond donors (Lipinski definition) is 3. The zero-order valence-corrected chi connectivity index (χ0v) is 13.2. The lowest BCUT2D eigenvalue weighted by atomic mass is 9.80. The molecule has 0 saturated heterocycles. The summed E-state index contributed by atoms with van der Waals surface area (Å²) in [6, 6.07) is 0. The molecule has 6 heteroatoms. The van der Waals surface area contributed by atoms with Crippen LogP contribution in [0.2, 0.25) is 0 Å². The van der Waals surface area contributed by atoms with Crippen LogP contribution in [0, 0.1) is 11.8 Å². The minimum Gasteiger partial charge on any atom is -0.481 e. The van der Waals surface area contributed by atoms with E-state index in [1.165, 1.54) is 0 Å². The van der Waals surface area contributed by atoms with Crippen molar-refractivity contribution in [1.29, 1.82) is 0 Å². The molecule has 3 N–H and O–H groups in total. The van der Waals surface area contributed by atoms with Gasteiger partial charge in [0.2, 0.25) is 11.8 Å². The van der Waals surface area contributed by atoms with E-state index in [0.29, 0.717) is 25.8 Å². The molecular formula is C16H26N2O4. The Bertz CT molecular complexity index is 443. The Morgan fingerprint density at radius 1 is 1.14 bits per heavy atom. The fourth-order valence-electron chi connectivity index (χ4n) is 3.20. The zero-order valence-electron chi connectivity index (χ0n) is 13.2. The molecular weight excluding hydrogens is 284 g/mol. The van der Waals surface area contributed by atoms with E-state index in [9.17, 15) is 14.4 Å². The van der Waals surface area contributed by atoms with Crippen LogP contribution in [-0.2, 0) is 14.4 Å². The smallest absolute Gasteiger partial charge is 0.307 e. The molecule has 2 saturated carbocycles. The van der Waals surface area contributed by atoms with Gasteiger partial charge in [-0.3, -0.25) is 14.4 Å². The van der Waals surface area contributed by atoms with Crippen molar-refractivity contribution in [3.8, 4) is 0 Å². The van der Waals surface area contributed by atoms with Gasteiger partial charge in [-0.2, -0.15) is 0 Å². The van der Waals surface area contributed by atoms with Crippen molar-refractivity contribution in [2.75, 3.05) is 6.54 Å². The lowest BCUT2D eigenvalue weighted by Gasteiger charge is -2.36. The second-order valence-corrected chi connectivity index (χ2v) is 6.53. The summed E-state index contributed by atoms with van der Waals surface area (Å²) in [5.41, 5.74) is -0.839. The molecule has 2 unspecified atom stereocenters. The molecule has 22 heavy (non-hydrogen) atoms.